The Kier molecular flexibility index (Phi) is 5.42. The summed E-state index contributed by atoms with van der Waals surface area (Å²) in [4.78, 5) is 14.8. The fraction of sp³-hybridized carbons (Fsp3) is 0.556. The zero-order valence-electron chi connectivity index (χ0n) is 14.9. The van der Waals surface area contributed by atoms with E-state index in [0.717, 1.165) is 0 Å². The van der Waals surface area contributed by atoms with Crippen molar-refractivity contribution in [2.24, 2.45) is 0 Å². The number of methoxy groups -OCH3 is 1. The number of rotatable bonds is 5. The lowest BCUT2D eigenvalue weighted by Crippen LogP contribution is -2.51. The van der Waals surface area contributed by atoms with Crippen molar-refractivity contribution in [3.05, 3.63) is 29.3 Å². The number of ether oxygens (including phenoxy) is 1. The third-order valence-electron chi connectivity index (χ3n) is 5.21. The van der Waals surface area contributed by atoms with Crippen LogP contribution in [0.2, 0.25) is 0 Å². The number of nitriles is 1. The number of carbonyl (C=O) groups is 1. The van der Waals surface area contributed by atoms with Gasteiger partial charge in [-0.15, -0.1) is 0 Å². The third kappa shape index (κ3) is 3.65. The van der Waals surface area contributed by atoms with Gasteiger partial charge >= 0.3 is 6.18 Å². The Labute approximate surface area is 155 Å². The molecule has 1 aromatic rings. The lowest BCUT2D eigenvalue weighted by atomic mass is 9.72. The van der Waals surface area contributed by atoms with Crippen molar-refractivity contribution < 1.29 is 22.7 Å². The fourth-order valence-corrected chi connectivity index (χ4v) is 3.95. The number of benzene rings is 1. The van der Waals surface area contributed by atoms with Gasteiger partial charge in [-0.2, -0.15) is 18.4 Å². The maximum absolute atomic E-state index is 13.3. The lowest BCUT2D eigenvalue weighted by molar-refractivity contribution is -0.132. The van der Waals surface area contributed by atoms with E-state index >= 15 is 0 Å². The van der Waals surface area contributed by atoms with Gasteiger partial charge in [0.05, 0.1) is 30.1 Å². The highest BCUT2D eigenvalue weighted by molar-refractivity contribution is 6.09. The van der Waals surface area contributed by atoms with Crippen LogP contribution in [0.1, 0.15) is 24.0 Å². The summed E-state index contributed by atoms with van der Waals surface area (Å²) in [6, 6.07) is 7.25. The first-order valence-corrected chi connectivity index (χ1v) is 8.71. The molecule has 27 heavy (non-hydrogen) atoms. The van der Waals surface area contributed by atoms with Crippen LogP contribution in [0.5, 0.6) is 0 Å². The minimum Gasteiger partial charge on any atom is -0.365 e. The number of nitrogens with zero attached hydrogens (tertiary/aromatic N) is 2. The van der Waals surface area contributed by atoms with Crippen LogP contribution < -0.4 is 15.5 Å². The van der Waals surface area contributed by atoms with Gasteiger partial charge in [-0.1, -0.05) is 6.07 Å². The van der Waals surface area contributed by atoms with Gasteiger partial charge in [0, 0.05) is 18.4 Å². The molecule has 1 fully saturated rings. The molecule has 1 aromatic carbocycles. The summed E-state index contributed by atoms with van der Waals surface area (Å²) in [5.74, 6) is -0.183. The molecule has 1 unspecified atom stereocenters. The minimum absolute atomic E-state index is 0.0670. The average Bonchev–Trinajstić information content (AvgIpc) is 2.87. The molecule has 0 aromatic heterocycles. The molecule has 0 radical (unpaired) electrons. The van der Waals surface area contributed by atoms with Crippen molar-refractivity contribution in [1.29, 1.82) is 5.26 Å². The van der Waals surface area contributed by atoms with Crippen molar-refractivity contribution in [2.75, 3.05) is 38.2 Å². The molecule has 1 amide bonds. The van der Waals surface area contributed by atoms with E-state index < -0.39 is 24.4 Å². The Hall–Kier alpha value is -2.15. The maximum Gasteiger partial charge on any atom is 0.401 e. The van der Waals surface area contributed by atoms with E-state index in [0.29, 0.717) is 42.7 Å². The minimum atomic E-state index is -4.38. The highest BCUT2D eigenvalue weighted by atomic mass is 19.4. The number of hydrogen-bond donors (Lipinski definition) is 2. The number of hydrogen-bond acceptors (Lipinski definition) is 5. The van der Waals surface area contributed by atoms with Gasteiger partial charge < -0.3 is 15.0 Å². The van der Waals surface area contributed by atoms with Gasteiger partial charge in [-0.25, -0.2) is 0 Å². The van der Waals surface area contributed by atoms with Crippen LogP contribution >= 0.6 is 0 Å². The smallest absolute Gasteiger partial charge is 0.365 e. The number of nitrogens with one attached hydrogen (secondary N) is 2. The molecule has 2 heterocycles. The van der Waals surface area contributed by atoms with Crippen molar-refractivity contribution in [3.63, 3.8) is 0 Å². The molecule has 2 aliphatic rings. The van der Waals surface area contributed by atoms with Crippen LogP contribution in [0.3, 0.4) is 0 Å². The second-order valence-corrected chi connectivity index (χ2v) is 6.78. The van der Waals surface area contributed by atoms with Crippen molar-refractivity contribution in [1.82, 2.24) is 10.6 Å². The molecule has 0 saturated carbocycles. The molecule has 0 aliphatic carbocycles. The van der Waals surface area contributed by atoms with Crippen molar-refractivity contribution in [2.45, 2.75) is 30.7 Å². The zero-order valence-corrected chi connectivity index (χ0v) is 14.9. The van der Waals surface area contributed by atoms with Crippen LogP contribution in [0, 0.1) is 11.3 Å². The topological polar surface area (TPSA) is 77.4 Å². The summed E-state index contributed by atoms with van der Waals surface area (Å²) in [6.45, 7) is -0.00616. The van der Waals surface area contributed by atoms with E-state index in [-0.39, 0.29) is 12.5 Å². The zero-order chi connectivity index (χ0) is 19.7. The summed E-state index contributed by atoms with van der Waals surface area (Å²) >= 11 is 0. The molecule has 9 heteroatoms. The second kappa shape index (κ2) is 7.46. The predicted molar refractivity (Wildman–Crippen MR) is 92.1 cm³/mol. The largest absolute Gasteiger partial charge is 0.401 e. The van der Waals surface area contributed by atoms with Crippen LogP contribution in [0.4, 0.5) is 18.9 Å². The van der Waals surface area contributed by atoms with Gasteiger partial charge in [0.15, 0.2) is 0 Å². The summed E-state index contributed by atoms with van der Waals surface area (Å²) in [5.41, 5.74) is 0.888. The van der Waals surface area contributed by atoms with E-state index in [4.69, 9.17) is 4.74 Å². The predicted octanol–water partition coefficient (Wildman–Crippen LogP) is 1.65. The Morgan fingerprint density at radius 3 is 2.70 bits per heavy atom. The first kappa shape index (κ1) is 19.6. The quantitative estimate of drug-likeness (QED) is 0.758. The Morgan fingerprint density at radius 2 is 2.11 bits per heavy atom. The average molecular weight is 382 g/mol. The van der Waals surface area contributed by atoms with Crippen molar-refractivity contribution in [3.8, 4) is 6.07 Å². The maximum atomic E-state index is 13.3. The molecule has 1 saturated heterocycles. The molecule has 3 rings (SSSR count). The van der Waals surface area contributed by atoms with Gasteiger partial charge in [0.1, 0.15) is 6.23 Å². The van der Waals surface area contributed by atoms with Crippen LogP contribution in [-0.2, 0) is 14.9 Å². The monoisotopic (exact) mass is 382 g/mol. The Balaban J connectivity index is 1.93. The number of piperidine rings is 1. The standard InChI is InChI=1S/C18H21F3N4O2/c1-27-14(24-11-18(19,20)21)10-25-13-4-2-3-12(9-22)15(13)17(16(25)26)5-7-23-8-6-17/h2-4,14,23-24H,5-8,10-11H2,1H3. The fourth-order valence-electron chi connectivity index (χ4n) is 3.95. The normalized spacial score (nSPS) is 19.8. The molecule has 6 nitrogen and oxygen atoms in total. The number of fused-ring (bicyclic) bond motifs is 2. The number of anilines is 1. The van der Waals surface area contributed by atoms with Crippen molar-refractivity contribution >= 4 is 11.6 Å². The molecular weight excluding hydrogens is 361 g/mol. The van der Waals surface area contributed by atoms with Gasteiger partial charge in [-0.05, 0) is 38.1 Å². The molecule has 2 aliphatic heterocycles. The number of alkyl halides is 3. The first-order valence-electron chi connectivity index (χ1n) is 8.71. The molecule has 0 bridgehead atoms. The van der Waals surface area contributed by atoms with Gasteiger partial charge in [0.25, 0.3) is 0 Å². The molecule has 2 N–H and O–H groups in total. The third-order valence-corrected chi connectivity index (χ3v) is 5.21. The van der Waals surface area contributed by atoms with E-state index in [9.17, 15) is 23.2 Å². The molecule has 1 spiro atoms. The number of carbonyl (C=O) groups excluding carboxylic acids is 1. The van der Waals surface area contributed by atoms with E-state index in [2.05, 4.69) is 16.7 Å². The summed E-state index contributed by atoms with van der Waals surface area (Å²) in [7, 11) is 1.29. The highest BCUT2D eigenvalue weighted by Gasteiger charge is 2.52. The Bertz CT molecular complexity index is 754. The molecular formula is C18H21F3N4O2. The summed E-state index contributed by atoms with van der Waals surface area (Å²) in [5, 5.41) is 15.0. The Morgan fingerprint density at radius 1 is 1.41 bits per heavy atom. The molecule has 146 valence electrons. The highest BCUT2D eigenvalue weighted by Crippen LogP contribution is 2.48. The second-order valence-electron chi connectivity index (χ2n) is 6.78. The number of amides is 1. The summed E-state index contributed by atoms with van der Waals surface area (Å²) < 4.78 is 42.7. The van der Waals surface area contributed by atoms with Crippen LogP contribution in [0.15, 0.2) is 18.2 Å². The molecule has 1 atom stereocenters. The SMILES string of the molecule is COC(CN1C(=O)C2(CCNCC2)c2c(C#N)cccc21)NCC(F)(F)F. The lowest BCUT2D eigenvalue weighted by Gasteiger charge is -2.33. The summed E-state index contributed by atoms with van der Waals surface area (Å²) in [6.07, 6.45) is -4.27. The first-order chi connectivity index (χ1) is 12.8. The van der Waals surface area contributed by atoms with E-state index in [1.54, 1.807) is 18.2 Å². The van der Waals surface area contributed by atoms with Crippen LogP contribution in [0.25, 0.3) is 0 Å². The number of halogens is 3. The van der Waals surface area contributed by atoms with Gasteiger partial charge in [0.2, 0.25) is 5.91 Å². The van der Waals surface area contributed by atoms with Crippen LogP contribution in [-0.4, -0.2) is 51.6 Å². The van der Waals surface area contributed by atoms with Gasteiger partial charge in [-0.3, -0.25) is 10.1 Å². The van der Waals surface area contributed by atoms with E-state index in [1.807, 2.05) is 0 Å². The van der Waals surface area contributed by atoms with E-state index in [1.165, 1.54) is 12.0 Å².